The van der Waals surface area contributed by atoms with Crippen molar-refractivity contribution >= 4 is 11.6 Å². The van der Waals surface area contributed by atoms with Crippen molar-refractivity contribution in [3.63, 3.8) is 0 Å². The number of nitrogens with zero attached hydrogens (tertiary/aromatic N) is 2. The number of benzene rings is 1. The minimum Gasteiger partial charge on any atom is -0.386 e. The van der Waals surface area contributed by atoms with E-state index in [-0.39, 0.29) is 24.5 Å². The van der Waals surface area contributed by atoms with Crippen LogP contribution in [0.4, 0.5) is 10.1 Å². The first-order chi connectivity index (χ1) is 15.4. The molecule has 3 rings (SSSR count). The molecule has 2 heterocycles. The summed E-state index contributed by atoms with van der Waals surface area (Å²) in [7, 11) is 1.91. The molecule has 32 heavy (non-hydrogen) atoms. The van der Waals surface area contributed by atoms with Crippen LogP contribution < -0.4 is 15.5 Å². The second kappa shape index (κ2) is 11.9. The lowest BCUT2D eigenvalue weighted by Gasteiger charge is -2.36. The van der Waals surface area contributed by atoms with Gasteiger partial charge in [0.25, 0.3) is 0 Å². The van der Waals surface area contributed by atoms with Crippen molar-refractivity contribution in [2.45, 2.75) is 56.8 Å². The maximum absolute atomic E-state index is 13.7. The molecule has 2 aliphatic heterocycles. The summed E-state index contributed by atoms with van der Waals surface area (Å²) in [6.45, 7) is 5.25. The Morgan fingerprint density at radius 1 is 1.31 bits per heavy atom. The summed E-state index contributed by atoms with van der Waals surface area (Å²) in [6.07, 6.45) is -0.481. The number of alkyl halides is 1. The minimum atomic E-state index is -1.12. The average Bonchev–Trinajstić information content (AvgIpc) is 2.80. The van der Waals surface area contributed by atoms with E-state index in [1.165, 1.54) is 0 Å². The van der Waals surface area contributed by atoms with Crippen molar-refractivity contribution in [1.82, 2.24) is 15.5 Å². The second-order valence-corrected chi connectivity index (χ2v) is 8.86. The molecule has 2 unspecified atom stereocenters. The SMILES string of the molecule is C[C@@H]1C[C@H](N(C)CCC(=O)NC(CF)[C@H](O)c2ccc(N3CCNCC3)cc2)CC(O)O1. The number of aliphatic hydroxyl groups excluding tert-OH is 2. The Morgan fingerprint density at radius 3 is 2.62 bits per heavy atom. The van der Waals surface area contributed by atoms with Crippen LogP contribution in [0.1, 0.15) is 37.9 Å². The lowest BCUT2D eigenvalue weighted by atomic mass is 10.0. The lowest BCUT2D eigenvalue weighted by Crippen LogP contribution is -2.45. The van der Waals surface area contributed by atoms with Crippen LogP contribution in [0.25, 0.3) is 0 Å². The Morgan fingerprint density at radius 2 is 2.00 bits per heavy atom. The monoisotopic (exact) mass is 452 g/mol. The van der Waals surface area contributed by atoms with Gasteiger partial charge in [-0.25, -0.2) is 4.39 Å². The Balaban J connectivity index is 1.48. The fourth-order valence-electron chi connectivity index (χ4n) is 4.43. The molecule has 0 radical (unpaired) electrons. The maximum Gasteiger partial charge on any atom is 0.221 e. The fraction of sp³-hybridized carbons (Fsp3) is 0.696. The Bertz CT molecular complexity index is 706. The molecule has 2 saturated heterocycles. The summed E-state index contributed by atoms with van der Waals surface area (Å²) in [5, 5.41) is 26.4. The zero-order chi connectivity index (χ0) is 23.1. The van der Waals surface area contributed by atoms with Crippen LogP contribution in [0, 0.1) is 0 Å². The number of hydrogen-bond donors (Lipinski definition) is 4. The predicted octanol–water partition coefficient (Wildman–Crippen LogP) is 0.792. The molecule has 2 fully saturated rings. The van der Waals surface area contributed by atoms with Gasteiger partial charge in [0.15, 0.2) is 6.29 Å². The first kappa shape index (κ1) is 24.9. The highest BCUT2D eigenvalue weighted by atomic mass is 19.1. The van der Waals surface area contributed by atoms with Gasteiger partial charge in [-0.1, -0.05) is 12.1 Å². The smallest absolute Gasteiger partial charge is 0.221 e. The highest BCUT2D eigenvalue weighted by molar-refractivity contribution is 5.76. The Kier molecular flexibility index (Phi) is 9.24. The van der Waals surface area contributed by atoms with E-state index in [4.69, 9.17) is 4.74 Å². The second-order valence-electron chi connectivity index (χ2n) is 8.86. The highest BCUT2D eigenvalue weighted by Gasteiger charge is 2.29. The first-order valence-electron chi connectivity index (χ1n) is 11.5. The molecule has 2 aliphatic rings. The van der Waals surface area contributed by atoms with E-state index in [1.54, 1.807) is 12.1 Å². The predicted molar refractivity (Wildman–Crippen MR) is 121 cm³/mol. The lowest BCUT2D eigenvalue weighted by molar-refractivity contribution is -0.173. The van der Waals surface area contributed by atoms with Gasteiger partial charge in [-0.15, -0.1) is 0 Å². The maximum atomic E-state index is 13.7. The molecular formula is C23H37FN4O4. The van der Waals surface area contributed by atoms with Crippen molar-refractivity contribution in [2.24, 2.45) is 0 Å². The van der Waals surface area contributed by atoms with E-state index >= 15 is 0 Å². The zero-order valence-corrected chi connectivity index (χ0v) is 19.0. The van der Waals surface area contributed by atoms with Gasteiger partial charge in [-0.2, -0.15) is 0 Å². The number of halogens is 1. The number of anilines is 1. The summed E-state index contributed by atoms with van der Waals surface area (Å²) in [5.74, 6) is -0.309. The molecule has 1 aromatic carbocycles. The minimum absolute atomic E-state index is 0.0379. The number of carbonyl (C=O) groups excluding carboxylic acids is 1. The third-order valence-corrected chi connectivity index (χ3v) is 6.39. The number of carbonyl (C=O) groups is 1. The summed E-state index contributed by atoms with van der Waals surface area (Å²) < 4.78 is 19.0. The molecule has 5 atom stereocenters. The van der Waals surface area contributed by atoms with Crippen LogP contribution in [-0.4, -0.2) is 91.9 Å². The standard InChI is InChI=1S/C23H37FN4O4/c1-16-13-19(14-22(30)32-16)27(2)10-7-21(29)26-20(15-24)23(31)17-3-5-18(6-4-17)28-11-8-25-9-12-28/h3-6,16,19-20,22-23,25,30-31H,7-15H2,1-2H3,(H,26,29)/t16-,19+,20?,22?,23-/m1/s1. The van der Waals surface area contributed by atoms with Crippen LogP contribution in [-0.2, 0) is 9.53 Å². The van der Waals surface area contributed by atoms with Crippen LogP contribution in [0.3, 0.4) is 0 Å². The number of piperazine rings is 1. The molecule has 0 saturated carbocycles. The summed E-state index contributed by atoms with van der Waals surface area (Å²) in [5.41, 5.74) is 1.65. The van der Waals surface area contributed by atoms with Crippen LogP contribution >= 0.6 is 0 Å². The largest absolute Gasteiger partial charge is 0.386 e. The third kappa shape index (κ3) is 6.86. The number of hydrogen-bond acceptors (Lipinski definition) is 7. The molecule has 0 aliphatic carbocycles. The van der Waals surface area contributed by atoms with Gasteiger partial charge >= 0.3 is 0 Å². The number of nitrogens with one attached hydrogen (secondary N) is 2. The van der Waals surface area contributed by atoms with Gasteiger partial charge in [0.05, 0.1) is 12.1 Å². The van der Waals surface area contributed by atoms with Gasteiger partial charge in [-0.3, -0.25) is 4.79 Å². The molecule has 8 nitrogen and oxygen atoms in total. The summed E-state index contributed by atoms with van der Waals surface area (Å²) >= 11 is 0. The van der Waals surface area contributed by atoms with Crippen LogP contribution in [0.5, 0.6) is 0 Å². The molecule has 1 aromatic rings. The zero-order valence-electron chi connectivity index (χ0n) is 19.0. The van der Waals surface area contributed by atoms with Gasteiger partial charge in [0.2, 0.25) is 5.91 Å². The molecule has 9 heteroatoms. The number of rotatable bonds is 9. The van der Waals surface area contributed by atoms with Crippen molar-refractivity contribution in [3.8, 4) is 0 Å². The summed E-state index contributed by atoms with van der Waals surface area (Å²) in [6, 6.07) is 6.57. The van der Waals surface area contributed by atoms with Crippen molar-refractivity contribution < 1.29 is 24.1 Å². The number of amides is 1. The van der Waals surface area contributed by atoms with E-state index in [0.717, 1.165) is 38.3 Å². The number of aliphatic hydroxyl groups is 2. The average molecular weight is 453 g/mol. The normalized spacial score (nSPS) is 26.1. The van der Waals surface area contributed by atoms with E-state index in [1.807, 2.05) is 31.0 Å². The molecule has 0 spiro atoms. The molecule has 180 valence electrons. The molecule has 4 N–H and O–H groups in total. The topological polar surface area (TPSA) is 97.3 Å². The Hall–Kier alpha value is -1.78. The van der Waals surface area contributed by atoms with Crippen molar-refractivity contribution in [2.75, 3.05) is 51.3 Å². The van der Waals surface area contributed by atoms with E-state index in [9.17, 15) is 19.4 Å². The third-order valence-electron chi connectivity index (χ3n) is 6.39. The van der Waals surface area contributed by atoms with Gasteiger partial charge < -0.3 is 35.4 Å². The fourth-order valence-corrected chi connectivity index (χ4v) is 4.43. The molecule has 0 bridgehead atoms. The molecule has 0 aromatic heterocycles. The van der Waals surface area contributed by atoms with Crippen LogP contribution in [0.15, 0.2) is 24.3 Å². The molecule has 1 amide bonds. The number of ether oxygens (including phenoxy) is 1. The van der Waals surface area contributed by atoms with Gasteiger partial charge in [0.1, 0.15) is 12.8 Å². The van der Waals surface area contributed by atoms with Crippen LogP contribution in [0.2, 0.25) is 0 Å². The van der Waals surface area contributed by atoms with Crippen molar-refractivity contribution in [3.05, 3.63) is 29.8 Å². The first-order valence-corrected chi connectivity index (χ1v) is 11.5. The Labute approximate surface area is 189 Å². The molecular weight excluding hydrogens is 415 g/mol. The van der Waals surface area contributed by atoms with E-state index in [2.05, 4.69) is 15.5 Å². The summed E-state index contributed by atoms with van der Waals surface area (Å²) in [4.78, 5) is 16.7. The van der Waals surface area contributed by atoms with Gasteiger partial charge in [0, 0.05) is 57.3 Å². The van der Waals surface area contributed by atoms with Gasteiger partial charge in [-0.05, 0) is 38.1 Å². The highest BCUT2D eigenvalue weighted by Crippen LogP contribution is 2.23. The van der Waals surface area contributed by atoms with Crippen molar-refractivity contribution in [1.29, 1.82) is 0 Å². The van der Waals surface area contributed by atoms with E-state index < -0.39 is 25.1 Å². The van der Waals surface area contributed by atoms with E-state index in [0.29, 0.717) is 18.5 Å². The quantitative estimate of drug-likeness (QED) is 0.440.